The van der Waals surface area contributed by atoms with Crippen molar-refractivity contribution in [3.05, 3.63) is 0 Å². The van der Waals surface area contributed by atoms with E-state index >= 15 is 0 Å². The molecule has 74 valence electrons. The Labute approximate surface area is 86.0 Å². The van der Waals surface area contributed by atoms with Crippen LogP contribution in [0.2, 0.25) is 0 Å². The molecule has 2 atom stereocenters. The molecular weight excluding hydrogens is 280 g/mol. The first kappa shape index (κ1) is 30.0. The largest absolute Gasteiger partial charge is 0.481 e. The van der Waals surface area contributed by atoms with Gasteiger partial charge in [0.05, 0.1) is 0 Å². The maximum atomic E-state index is 9.00. The molecular formula is C4H14O4P2Pd. The minimum atomic E-state index is -0.833. The maximum absolute atomic E-state index is 9.00. The van der Waals surface area contributed by atoms with Gasteiger partial charge in [-0.1, -0.05) is 0 Å². The van der Waals surface area contributed by atoms with Crippen LogP contribution in [0.25, 0.3) is 0 Å². The molecule has 2 N–H and O–H groups in total. The van der Waals surface area contributed by atoms with Crippen molar-refractivity contribution < 1.29 is 40.2 Å². The Morgan fingerprint density at radius 1 is 0.909 bits per heavy atom. The normalized spacial score (nSPS) is 4.55. The Kier molecular flexibility index (Phi) is 61.3. The van der Waals surface area contributed by atoms with Gasteiger partial charge in [-0.15, -0.1) is 0 Å². The summed E-state index contributed by atoms with van der Waals surface area (Å²) in [6, 6.07) is 0. The van der Waals surface area contributed by atoms with E-state index in [2.05, 4.69) is 0 Å². The predicted molar refractivity (Wildman–Crippen MR) is 48.8 cm³/mol. The van der Waals surface area contributed by atoms with Crippen LogP contribution >= 0.6 is 19.8 Å². The van der Waals surface area contributed by atoms with E-state index in [0.29, 0.717) is 0 Å². The quantitative estimate of drug-likeness (QED) is 0.498. The van der Waals surface area contributed by atoms with Crippen LogP contribution in [0.3, 0.4) is 0 Å². The third-order valence-electron chi connectivity index (χ3n) is 0. The number of carboxylic acids is 2. The molecule has 4 nitrogen and oxygen atoms in total. The SMILES string of the molecule is CC(=O)O.CC(=O)O.P.P.[Pd]. The number of carbonyl (C=O) groups is 2. The minimum absolute atomic E-state index is 0. The van der Waals surface area contributed by atoms with Gasteiger partial charge in [-0.05, 0) is 0 Å². The molecule has 0 amide bonds. The second-order valence-corrected chi connectivity index (χ2v) is 1.04. The summed E-state index contributed by atoms with van der Waals surface area (Å²) in [6.45, 7) is 2.17. The molecule has 0 aliphatic heterocycles. The van der Waals surface area contributed by atoms with Gasteiger partial charge in [-0.2, -0.15) is 19.8 Å². The first-order chi connectivity index (χ1) is 3.46. The number of rotatable bonds is 0. The van der Waals surface area contributed by atoms with E-state index in [9.17, 15) is 0 Å². The molecule has 0 aromatic rings. The summed E-state index contributed by atoms with van der Waals surface area (Å²) in [4.78, 5) is 18.0. The van der Waals surface area contributed by atoms with Gasteiger partial charge in [-0.25, -0.2) is 0 Å². The third-order valence-corrected chi connectivity index (χ3v) is 0. The molecule has 0 saturated heterocycles. The molecule has 0 rings (SSSR count). The molecule has 0 bridgehead atoms. The number of hydrogen-bond donors (Lipinski definition) is 2. The second-order valence-electron chi connectivity index (χ2n) is 1.04. The third kappa shape index (κ3) is 3510. The van der Waals surface area contributed by atoms with Crippen LogP contribution in [0, 0.1) is 0 Å². The van der Waals surface area contributed by atoms with Gasteiger partial charge in [0.15, 0.2) is 0 Å². The zero-order valence-corrected chi connectivity index (χ0v) is 10.8. The van der Waals surface area contributed by atoms with E-state index in [1.807, 2.05) is 0 Å². The molecule has 7 heteroatoms. The van der Waals surface area contributed by atoms with Crippen molar-refractivity contribution >= 4 is 31.7 Å². The summed E-state index contributed by atoms with van der Waals surface area (Å²) >= 11 is 0. The Morgan fingerprint density at radius 3 is 0.909 bits per heavy atom. The summed E-state index contributed by atoms with van der Waals surface area (Å²) in [7, 11) is 0. The van der Waals surface area contributed by atoms with Gasteiger partial charge >= 0.3 is 0 Å². The van der Waals surface area contributed by atoms with Crippen molar-refractivity contribution in [1.29, 1.82) is 0 Å². The summed E-state index contributed by atoms with van der Waals surface area (Å²) in [5.41, 5.74) is 0. The summed E-state index contributed by atoms with van der Waals surface area (Å²) in [6.07, 6.45) is 0. The van der Waals surface area contributed by atoms with Gasteiger partial charge in [0, 0.05) is 34.3 Å². The van der Waals surface area contributed by atoms with Gasteiger partial charge in [0.2, 0.25) is 0 Å². The molecule has 0 spiro atoms. The maximum Gasteiger partial charge on any atom is 0.300 e. The fraction of sp³-hybridized carbons (Fsp3) is 0.500. The van der Waals surface area contributed by atoms with Gasteiger partial charge in [0.1, 0.15) is 0 Å². The zero-order valence-electron chi connectivity index (χ0n) is 6.44. The standard InChI is InChI=1S/2C2H4O2.2H3P.Pd/c2*1-2(3)4;;;/h2*1H3,(H,3,4);2*1H3;. The molecule has 11 heavy (non-hydrogen) atoms. The smallest absolute Gasteiger partial charge is 0.300 e. The molecule has 2 unspecified atom stereocenters. The van der Waals surface area contributed by atoms with Crippen LogP contribution < -0.4 is 0 Å². The molecule has 0 saturated carbocycles. The Morgan fingerprint density at radius 2 is 0.909 bits per heavy atom. The zero-order chi connectivity index (χ0) is 7.15. The molecule has 0 radical (unpaired) electrons. The van der Waals surface area contributed by atoms with Crippen molar-refractivity contribution in [2.24, 2.45) is 0 Å². The van der Waals surface area contributed by atoms with Crippen LogP contribution in [0.15, 0.2) is 0 Å². The van der Waals surface area contributed by atoms with E-state index in [0.717, 1.165) is 13.8 Å². The van der Waals surface area contributed by atoms with Crippen LogP contribution in [0.1, 0.15) is 13.8 Å². The van der Waals surface area contributed by atoms with Crippen LogP contribution in [-0.2, 0) is 30.0 Å². The number of aliphatic carboxylic acids is 2. The summed E-state index contributed by atoms with van der Waals surface area (Å²) in [5.74, 6) is -1.67. The van der Waals surface area contributed by atoms with Crippen LogP contribution in [-0.4, -0.2) is 22.2 Å². The van der Waals surface area contributed by atoms with Gasteiger partial charge in [-0.3, -0.25) is 9.59 Å². The average Bonchev–Trinajstić information content (AvgIpc) is 1.25. The first-order valence-electron chi connectivity index (χ1n) is 1.86. The van der Waals surface area contributed by atoms with E-state index < -0.39 is 11.9 Å². The molecule has 0 fully saturated rings. The van der Waals surface area contributed by atoms with Crippen molar-refractivity contribution in [1.82, 2.24) is 0 Å². The van der Waals surface area contributed by atoms with Gasteiger partial charge < -0.3 is 10.2 Å². The second kappa shape index (κ2) is 22.4. The Bertz CT molecular complexity index is 78.1. The monoisotopic (exact) mass is 294 g/mol. The fourth-order valence-corrected chi connectivity index (χ4v) is 0. The van der Waals surface area contributed by atoms with Crippen molar-refractivity contribution in [3.63, 3.8) is 0 Å². The average molecular weight is 295 g/mol. The molecule has 0 aliphatic rings. The van der Waals surface area contributed by atoms with Gasteiger partial charge in [0.25, 0.3) is 11.9 Å². The molecule has 0 aliphatic carbocycles. The van der Waals surface area contributed by atoms with Crippen LogP contribution in [0.4, 0.5) is 0 Å². The van der Waals surface area contributed by atoms with Crippen molar-refractivity contribution in [2.75, 3.05) is 0 Å². The van der Waals surface area contributed by atoms with E-state index in [-0.39, 0.29) is 40.2 Å². The van der Waals surface area contributed by atoms with E-state index in [1.165, 1.54) is 0 Å². The summed E-state index contributed by atoms with van der Waals surface area (Å²) in [5, 5.41) is 14.8. The first-order valence-corrected chi connectivity index (χ1v) is 1.86. The topological polar surface area (TPSA) is 74.6 Å². The van der Waals surface area contributed by atoms with Crippen molar-refractivity contribution in [2.45, 2.75) is 13.8 Å². The summed E-state index contributed by atoms with van der Waals surface area (Å²) < 4.78 is 0. The number of hydrogen-bond acceptors (Lipinski definition) is 2. The van der Waals surface area contributed by atoms with E-state index in [1.54, 1.807) is 0 Å². The predicted octanol–water partition coefficient (Wildman–Crippen LogP) is 0.295. The molecule has 0 aromatic heterocycles. The Hall–Kier alpha value is 0.462. The minimum Gasteiger partial charge on any atom is -0.481 e. The molecule has 0 aromatic carbocycles. The van der Waals surface area contributed by atoms with E-state index in [4.69, 9.17) is 19.8 Å². The number of carboxylic acid groups (broad SMARTS) is 2. The van der Waals surface area contributed by atoms with Crippen LogP contribution in [0.5, 0.6) is 0 Å². The Balaban J connectivity index is -0.0000000171. The fourth-order valence-electron chi connectivity index (χ4n) is 0. The molecule has 0 heterocycles. The van der Waals surface area contributed by atoms with Crippen molar-refractivity contribution in [3.8, 4) is 0 Å².